The third-order valence-corrected chi connectivity index (χ3v) is 3.61. The summed E-state index contributed by atoms with van der Waals surface area (Å²) in [4.78, 5) is 46.0. The van der Waals surface area contributed by atoms with Crippen molar-refractivity contribution in [2.45, 2.75) is 0 Å². The highest BCUT2D eigenvalue weighted by molar-refractivity contribution is 7.80. The lowest BCUT2D eigenvalue weighted by atomic mass is 10.1. The number of para-hydroxylation sites is 1. The average Bonchev–Trinajstić information content (AvgIpc) is 2.71. The van der Waals surface area contributed by atoms with Gasteiger partial charge in [0.25, 0.3) is 17.5 Å². The molecule has 0 heterocycles. The predicted molar refractivity (Wildman–Crippen MR) is 102 cm³/mol. The van der Waals surface area contributed by atoms with Crippen molar-refractivity contribution in [2.75, 3.05) is 7.11 Å². The molecule has 0 aliphatic heterocycles. The van der Waals surface area contributed by atoms with Gasteiger partial charge in [0.2, 0.25) is 0 Å². The van der Waals surface area contributed by atoms with Crippen molar-refractivity contribution in [1.29, 1.82) is 0 Å². The van der Waals surface area contributed by atoms with Gasteiger partial charge in [0.15, 0.2) is 5.11 Å². The van der Waals surface area contributed by atoms with Crippen LogP contribution in [0.15, 0.2) is 48.5 Å². The Hall–Kier alpha value is -3.86. The van der Waals surface area contributed by atoms with Gasteiger partial charge >= 0.3 is 5.97 Å². The van der Waals surface area contributed by atoms with Crippen LogP contribution in [0.3, 0.4) is 0 Å². The van der Waals surface area contributed by atoms with Crippen LogP contribution in [0.5, 0.6) is 0 Å². The molecule has 144 valence electrons. The lowest BCUT2D eigenvalue weighted by molar-refractivity contribution is -0.385. The van der Waals surface area contributed by atoms with Gasteiger partial charge in [-0.2, -0.15) is 0 Å². The summed E-state index contributed by atoms with van der Waals surface area (Å²) in [5.74, 6) is -2.05. The van der Waals surface area contributed by atoms with E-state index in [2.05, 4.69) is 20.9 Å². The molecule has 2 amide bonds. The number of ether oxygens (including phenoxy) is 1. The quantitative estimate of drug-likeness (QED) is 0.301. The van der Waals surface area contributed by atoms with Crippen LogP contribution in [0.2, 0.25) is 0 Å². The Morgan fingerprint density at radius 1 is 1.00 bits per heavy atom. The van der Waals surface area contributed by atoms with Crippen molar-refractivity contribution in [2.24, 2.45) is 0 Å². The van der Waals surface area contributed by atoms with E-state index in [0.29, 0.717) is 0 Å². The van der Waals surface area contributed by atoms with Crippen LogP contribution >= 0.6 is 12.2 Å². The molecule has 3 N–H and O–H groups in total. The molecule has 0 fully saturated rings. The van der Waals surface area contributed by atoms with E-state index < -0.39 is 22.7 Å². The number of nitro benzene ring substituents is 1. The van der Waals surface area contributed by atoms with Crippen molar-refractivity contribution in [3.8, 4) is 0 Å². The van der Waals surface area contributed by atoms with Gasteiger partial charge in [0.05, 0.1) is 17.6 Å². The van der Waals surface area contributed by atoms with Crippen molar-refractivity contribution in [3.63, 3.8) is 0 Å². The second kappa shape index (κ2) is 9.19. The summed E-state index contributed by atoms with van der Waals surface area (Å²) in [7, 11) is 1.22. The minimum absolute atomic E-state index is 0.136. The van der Waals surface area contributed by atoms with Crippen LogP contribution < -0.4 is 16.2 Å². The maximum Gasteiger partial charge on any atom is 0.337 e. The van der Waals surface area contributed by atoms with E-state index in [0.717, 1.165) is 0 Å². The molecule has 28 heavy (non-hydrogen) atoms. The minimum Gasteiger partial charge on any atom is -0.465 e. The van der Waals surface area contributed by atoms with Gasteiger partial charge in [-0.05, 0) is 36.5 Å². The number of nitro groups is 1. The molecule has 0 spiro atoms. The molecule has 0 unspecified atom stereocenters. The fourth-order valence-electron chi connectivity index (χ4n) is 2.12. The number of nitrogens with one attached hydrogen (secondary N) is 3. The Morgan fingerprint density at radius 3 is 2.36 bits per heavy atom. The SMILES string of the molecule is COC(=O)c1cccc(C(=O)NC(=S)NNC(=O)c2ccccc2[N+](=O)[O-])c1. The molecule has 11 heteroatoms. The number of hydrogen-bond acceptors (Lipinski definition) is 7. The molecule has 0 aliphatic carbocycles. The zero-order valence-electron chi connectivity index (χ0n) is 14.4. The largest absolute Gasteiger partial charge is 0.465 e. The first-order valence-corrected chi connectivity index (χ1v) is 8.07. The van der Waals surface area contributed by atoms with Gasteiger partial charge in [-0.3, -0.25) is 35.9 Å². The number of nitrogens with zero attached hydrogens (tertiary/aromatic N) is 1. The van der Waals surface area contributed by atoms with E-state index in [1.807, 2.05) is 0 Å². The summed E-state index contributed by atoms with van der Waals surface area (Å²) in [6, 6.07) is 11.1. The van der Waals surface area contributed by atoms with Gasteiger partial charge in [0, 0.05) is 11.6 Å². The fourth-order valence-corrected chi connectivity index (χ4v) is 2.26. The zero-order chi connectivity index (χ0) is 20.7. The molecule has 2 aromatic carbocycles. The number of hydrazine groups is 1. The molecule has 0 bridgehead atoms. The lowest BCUT2D eigenvalue weighted by Gasteiger charge is -2.11. The summed E-state index contributed by atoms with van der Waals surface area (Å²) in [5, 5.41) is 13.0. The summed E-state index contributed by atoms with van der Waals surface area (Å²) in [6.07, 6.45) is 0. The van der Waals surface area contributed by atoms with E-state index in [-0.39, 0.29) is 27.5 Å². The monoisotopic (exact) mass is 402 g/mol. The first-order chi connectivity index (χ1) is 13.3. The number of carbonyl (C=O) groups is 3. The van der Waals surface area contributed by atoms with Crippen LogP contribution in [0.4, 0.5) is 5.69 Å². The van der Waals surface area contributed by atoms with Gasteiger partial charge in [-0.25, -0.2) is 4.79 Å². The number of benzene rings is 2. The number of methoxy groups -OCH3 is 1. The molecule has 0 saturated heterocycles. The number of amides is 2. The number of rotatable bonds is 4. The highest BCUT2D eigenvalue weighted by atomic mass is 32.1. The maximum atomic E-state index is 12.2. The summed E-state index contributed by atoms with van der Waals surface area (Å²) in [6.45, 7) is 0. The standard InChI is InChI=1S/C17H14N4O6S/c1-27-16(24)11-6-4-5-10(9-11)14(22)18-17(28)20-19-15(23)12-7-2-3-8-13(12)21(25)26/h2-9H,1H3,(H,19,23)(H2,18,20,22,28). The Labute approximate surface area is 164 Å². The number of hydrogen-bond donors (Lipinski definition) is 3. The number of thiocarbonyl (C=S) groups is 1. The minimum atomic E-state index is -0.809. The normalized spacial score (nSPS) is 9.75. The second-order valence-corrected chi connectivity index (χ2v) is 5.62. The third kappa shape index (κ3) is 5.08. The van der Waals surface area contributed by atoms with Crippen molar-refractivity contribution >= 4 is 40.8 Å². The number of carbonyl (C=O) groups excluding carboxylic acids is 3. The second-order valence-electron chi connectivity index (χ2n) is 5.21. The van der Waals surface area contributed by atoms with E-state index in [1.54, 1.807) is 0 Å². The van der Waals surface area contributed by atoms with Gasteiger partial charge < -0.3 is 4.74 Å². The molecule has 2 rings (SSSR count). The van der Waals surface area contributed by atoms with Crippen molar-refractivity contribution in [3.05, 3.63) is 75.3 Å². The van der Waals surface area contributed by atoms with Crippen LogP contribution in [-0.4, -0.2) is 34.9 Å². The molecular formula is C17H14N4O6S. The lowest BCUT2D eigenvalue weighted by Crippen LogP contribution is -2.48. The first kappa shape index (κ1) is 20.5. The van der Waals surface area contributed by atoms with Crippen LogP contribution in [0.1, 0.15) is 31.1 Å². The average molecular weight is 402 g/mol. The van der Waals surface area contributed by atoms with E-state index in [4.69, 9.17) is 12.2 Å². The number of esters is 1. The summed E-state index contributed by atoms with van der Waals surface area (Å²) >= 11 is 4.91. The molecule has 2 aromatic rings. The van der Waals surface area contributed by atoms with Gasteiger partial charge in [-0.1, -0.05) is 18.2 Å². The molecule has 0 aliphatic rings. The third-order valence-electron chi connectivity index (χ3n) is 3.41. The Kier molecular flexibility index (Phi) is 6.71. The molecule has 0 aromatic heterocycles. The first-order valence-electron chi connectivity index (χ1n) is 7.67. The maximum absolute atomic E-state index is 12.2. The molecule has 10 nitrogen and oxygen atoms in total. The smallest absolute Gasteiger partial charge is 0.337 e. The molecule has 0 radical (unpaired) electrons. The van der Waals surface area contributed by atoms with Crippen LogP contribution in [0.25, 0.3) is 0 Å². The zero-order valence-corrected chi connectivity index (χ0v) is 15.2. The summed E-state index contributed by atoms with van der Waals surface area (Å²) < 4.78 is 4.58. The Morgan fingerprint density at radius 2 is 1.68 bits per heavy atom. The van der Waals surface area contributed by atoms with Crippen LogP contribution in [-0.2, 0) is 4.74 Å². The predicted octanol–water partition coefficient (Wildman–Crippen LogP) is 1.33. The molecular weight excluding hydrogens is 388 g/mol. The molecule has 0 atom stereocenters. The topological polar surface area (TPSA) is 140 Å². The highest BCUT2D eigenvalue weighted by Gasteiger charge is 2.19. The van der Waals surface area contributed by atoms with E-state index in [9.17, 15) is 24.5 Å². The van der Waals surface area contributed by atoms with E-state index >= 15 is 0 Å². The van der Waals surface area contributed by atoms with Crippen molar-refractivity contribution < 1.29 is 24.0 Å². The fraction of sp³-hybridized carbons (Fsp3) is 0.0588. The van der Waals surface area contributed by atoms with Gasteiger partial charge in [-0.15, -0.1) is 0 Å². The van der Waals surface area contributed by atoms with E-state index in [1.165, 1.54) is 55.6 Å². The highest BCUT2D eigenvalue weighted by Crippen LogP contribution is 2.16. The Bertz CT molecular complexity index is 962. The van der Waals surface area contributed by atoms with Crippen LogP contribution in [0, 0.1) is 10.1 Å². The molecule has 0 saturated carbocycles. The summed E-state index contributed by atoms with van der Waals surface area (Å²) in [5.41, 5.74) is 4.20. The van der Waals surface area contributed by atoms with Crippen molar-refractivity contribution in [1.82, 2.24) is 16.2 Å². The Balaban J connectivity index is 1.98. The van der Waals surface area contributed by atoms with Gasteiger partial charge in [0.1, 0.15) is 5.56 Å².